The van der Waals surface area contributed by atoms with Crippen LogP contribution in [0.25, 0.3) is 0 Å². The largest absolute Gasteiger partial charge is 0.306 e. The van der Waals surface area contributed by atoms with Crippen molar-refractivity contribution in [1.29, 1.82) is 0 Å². The number of rotatable bonds is 0. The van der Waals surface area contributed by atoms with Gasteiger partial charge in [-0.3, -0.25) is 0 Å². The molecule has 2 fully saturated rings. The Labute approximate surface area is 102 Å². The van der Waals surface area contributed by atoms with Gasteiger partial charge in [-0.05, 0) is 50.1 Å². The van der Waals surface area contributed by atoms with Crippen molar-refractivity contribution in [3.8, 4) is 0 Å². The predicted molar refractivity (Wildman–Crippen MR) is 73.6 cm³/mol. The molecule has 92 valence electrons. The molecule has 1 saturated carbocycles. The Hall–Kier alpha value is 0.0249. The van der Waals surface area contributed by atoms with E-state index in [4.69, 9.17) is 0 Å². The Morgan fingerprint density at radius 3 is 2.56 bits per heavy atom. The number of likely N-dealkylation sites (tertiary alicyclic amines) is 1. The van der Waals surface area contributed by atoms with E-state index in [9.17, 15) is 0 Å². The third kappa shape index (κ3) is 2.47. The minimum atomic E-state index is 0.548. The number of fused-ring (bicyclic) bond motifs is 1. The van der Waals surface area contributed by atoms with Crippen LogP contribution in [-0.4, -0.2) is 32.9 Å². The summed E-state index contributed by atoms with van der Waals surface area (Å²) in [6.07, 6.45) is 5.70. The minimum absolute atomic E-state index is 0.548. The van der Waals surface area contributed by atoms with Gasteiger partial charge in [0.2, 0.25) is 0 Å². The van der Waals surface area contributed by atoms with Gasteiger partial charge in [-0.1, -0.05) is 32.5 Å². The van der Waals surface area contributed by atoms with Crippen LogP contribution in [-0.2, 0) is 0 Å². The van der Waals surface area contributed by atoms with Gasteiger partial charge >= 0.3 is 0 Å². The van der Waals surface area contributed by atoms with E-state index in [0.717, 1.165) is 11.8 Å². The SMILES string of the molecule is BC1(C)CCC2CN(C)CCC2C(C)(C)C1. The van der Waals surface area contributed by atoms with Gasteiger partial charge in [-0.2, -0.15) is 0 Å². The molecule has 0 N–H and O–H groups in total. The van der Waals surface area contributed by atoms with Gasteiger partial charge in [-0.15, -0.1) is 0 Å². The maximum absolute atomic E-state index is 2.54. The fraction of sp³-hybridized carbons (Fsp3) is 1.00. The van der Waals surface area contributed by atoms with Crippen LogP contribution in [0.4, 0.5) is 0 Å². The summed E-state index contributed by atoms with van der Waals surface area (Å²) < 4.78 is 0. The second-order valence-electron chi connectivity index (χ2n) is 7.79. The number of piperidine rings is 1. The van der Waals surface area contributed by atoms with Crippen LogP contribution in [0, 0.1) is 17.3 Å². The minimum Gasteiger partial charge on any atom is -0.306 e. The van der Waals surface area contributed by atoms with E-state index in [1.54, 1.807) is 0 Å². The normalized spacial score (nSPS) is 44.8. The Balaban J connectivity index is 2.19. The Morgan fingerprint density at radius 2 is 1.88 bits per heavy atom. The van der Waals surface area contributed by atoms with Crippen molar-refractivity contribution in [1.82, 2.24) is 4.90 Å². The van der Waals surface area contributed by atoms with Crippen LogP contribution in [0.5, 0.6) is 0 Å². The molecule has 0 aromatic heterocycles. The number of hydrogen-bond acceptors (Lipinski definition) is 1. The van der Waals surface area contributed by atoms with Crippen LogP contribution in [0.15, 0.2) is 0 Å². The first-order chi connectivity index (χ1) is 7.30. The summed E-state index contributed by atoms with van der Waals surface area (Å²) in [6, 6.07) is 0. The molecule has 3 unspecified atom stereocenters. The fourth-order valence-corrected chi connectivity index (χ4v) is 4.56. The maximum Gasteiger partial charge on any atom is 0.109 e. The molecular weight excluding hydrogens is 193 g/mol. The average Bonchev–Trinajstić information content (AvgIpc) is 2.20. The van der Waals surface area contributed by atoms with Crippen LogP contribution in [0.3, 0.4) is 0 Å². The van der Waals surface area contributed by atoms with Crippen molar-refractivity contribution in [2.75, 3.05) is 20.1 Å². The van der Waals surface area contributed by atoms with Crippen molar-refractivity contribution < 1.29 is 0 Å². The predicted octanol–water partition coefficient (Wildman–Crippen LogP) is 2.58. The van der Waals surface area contributed by atoms with E-state index >= 15 is 0 Å². The zero-order chi connectivity index (χ0) is 12.0. The molecule has 2 aliphatic rings. The van der Waals surface area contributed by atoms with Crippen molar-refractivity contribution >= 4 is 7.85 Å². The molecule has 0 aromatic carbocycles. The molecule has 3 atom stereocenters. The summed E-state index contributed by atoms with van der Waals surface area (Å²) in [5, 5.41) is 0.555. The number of nitrogens with zero attached hydrogens (tertiary/aromatic N) is 1. The third-order valence-electron chi connectivity index (χ3n) is 5.07. The van der Waals surface area contributed by atoms with Crippen molar-refractivity contribution in [2.45, 2.75) is 51.8 Å². The van der Waals surface area contributed by atoms with Crippen LogP contribution in [0.1, 0.15) is 46.5 Å². The molecule has 1 saturated heterocycles. The van der Waals surface area contributed by atoms with Gasteiger partial charge in [0.15, 0.2) is 0 Å². The summed E-state index contributed by atoms with van der Waals surface area (Å²) in [5.41, 5.74) is 0.548. The number of hydrogen-bond donors (Lipinski definition) is 0. The third-order valence-corrected chi connectivity index (χ3v) is 5.07. The van der Waals surface area contributed by atoms with Gasteiger partial charge in [0.25, 0.3) is 0 Å². The topological polar surface area (TPSA) is 3.24 Å². The maximum atomic E-state index is 2.54. The quantitative estimate of drug-likeness (QED) is 0.568. The lowest BCUT2D eigenvalue weighted by Gasteiger charge is -2.44. The van der Waals surface area contributed by atoms with E-state index < -0.39 is 0 Å². The van der Waals surface area contributed by atoms with Gasteiger partial charge < -0.3 is 4.90 Å². The molecule has 0 bridgehead atoms. The lowest BCUT2D eigenvalue weighted by molar-refractivity contribution is 0.0543. The lowest BCUT2D eigenvalue weighted by Crippen LogP contribution is -2.43. The van der Waals surface area contributed by atoms with E-state index in [2.05, 4.69) is 40.6 Å². The van der Waals surface area contributed by atoms with Crippen molar-refractivity contribution in [3.63, 3.8) is 0 Å². The Morgan fingerprint density at radius 1 is 1.19 bits per heavy atom. The first kappa shape index (κ1) is 12.5. The second-order valence-corrected chi connectivity index (χ2v) is 7.79. The van der Waals surface area contributed by atoms with Crippen molar-refractivity contribution in [2.24, 2.45) is 17.3 Å². The molecule has 1 aliphatic heterocycles. The molecule has 0 amide bonds. The van der Waals surface area contributed by atoms with Gasteiger partial charge in [-0.25, -0.2) is 0 Å². The van der Waals surface area contributed by atoms with Crippen LogP contribution < -0.4 is 0 Å². The zero-order valence-electron chi connectivity index (χ0n) is 11.8. The average molecular weight is 221 g/mol. The molecule has 0 radical (unpaired) electrons. The smallest absolute Gasteiger partial charge is 0.109 e. The van der Waals surface area contributed by atoms with Gasteiger partial charge in [0.1, 0.15) is 7.85 Å². The molecule has 16 heavy (non-hydrogen) atoms. The van der Waals surface area contributed by atoms with E-state index in [0.29, 0.717) is 10.7 Å². The highest BCUT2D eigenvalue weighted by Crippen LogP contribution is 2.53. The van der Waals surface area contributed by atoms with Gasteiger partial charge in [0.05, 0.1) is 0 Å². The molecule has 0 spiro atoms. The summed E-state index contributed by atoms with van der Waals surface area (Å²) in [4.78, 5) is 2.54. The van der Waals surface area contributed by atoms with Crippen LogP contribution in [0.2, 0.25) is 5.31 Å². The Bertz CT molecular complexity index is 259. The molecule has 0 aromatic rings. The highest BCUT2D eigenvalue weighted by molar-refractivity contribution is 6.14. The van der Waals surface area contributed by atoms with Crippen molar-refractivity contribution in [3.05, 3.63) is 0 Å². The highest BCUT2D eigenvalue weighted by Gasteiger charge is 2.44. The molecular formula is C14H28BN. The fourth-order valence-electron chi connectivity index (χ4n) is 4.56. The summed E-state index contributed by atoms with van der Waals surface area (Å²) in [5.74, 6) is 1.92. The first-order valence-corrected chi connectivity index (χ1v) is 6.99. The molecule has 2 heteroatoms. The van der Waals surface area contributed by atoms with E-state index in [-0.39, 0.29) is 0 Å². The lowest BCUT2D eigenvalue weighted by atomic mass is 9.59. The summed E-state index contributed by atoms with van der Waals surface area (Å²) >= 11 is 0. The molecule has 1 aliphatic carbocycles. The first-order valence-electron chi connectivity index (χ1n) is 6.99. The molecule has 2 rings (SSSR count). The van der Waals surface area contributed by atoms with E-state index in [1.165, 1.54) is 38.8 Å². The Kier molecular flexibility index (Phi) is 3.16. The molecule has 1 nitrogen and oxygen atoms in total. The van der Waals surface area contributed by atoms with Gasteiger partial charge in [0, 0.05) is 6.54 Å². The highest BCUT2D eigenvalue weighted by atomic mass is 15.1. The van der Waals surface area contributed by atoms with E-state index in [1.807, 2.05) is 0 Å². The summed E-state index contributed by atoms with van der Waals surface area (Å²) in [7, 11) is 4.76. The zero-order valence-corrected chi connectivity index (χ0v) is 11.8. The van der Waals surface area contributed by atoms with Crippen LogP contribution >= 0.6 is 0 Å². The second kappa shape index (κ2) is 4.05. The standard InChI is InChI=1S/C14H28BN/c1-13(2)10-14(3,15)7-5-11-9-16(4)8-6-12(11)13/h11-12H,5-10,15H2,1-4H3. The monoisotopic (exact) mass is 221 g/mol. The summed E-state index contributed by atoms with van der Waals surface area (Å²) in [6.45, 7) is 10.1. The molecule has 1 heterocycles.